The lowest BCUT2D eigenvalue weighted by Gasteiger charge is -2.07. The minimum atomic E-state index is -0.620. The third-order valence-electron chi connectivity index (χ3n) is 4.09. The predicted molar refractivity (Wildman–Crippen MR) is 119 cm³/mol. The molecule has 1 saturated heterocycles. The highest BCUT2D eigenvalue weighted by molar-refractivity contribution is 8.18. The molecule has 9 nitrogen and oxygen atoms in total. The molecule has 1 aliphatic rings. The van der Waals surface area contributed by atoms with Gasteiger partial charge >= 0.3 is 11.9 Å². The number of hydrogen-bond acceptors (Lipinski definition) is 9. The van der Waals surface area contributed by atoms with Crippen LogP contribution >= 0.6 is 11.8 Å². The smallest absolute Gasteiger partial charge is 0.337 e. The van der Waals surface area contributed by atoms with Gasteiger partial charge in [0.1, 0.15) is 12.4 Å². The lowest BCUT2D eigenvalue weighted by molar-refractivity contribution is -0.135. The number of esters is 2. The summed E-state index contributed by atoms with van der Waals surface area (Å²) in [6.45, 7) is 0.296. The quantitative estimate of drug-likeness (QED) is 0.297. The van der Waals surface area contributed by atoms with Crippen molar-refractivity contribution >= 4 is 41.0 Å². The number of rotatable bonds is 7. The van der Waals surface area contributed by atoms with Crippen molar-refractivity contribution in [3.05, 3.63) is 76.2 Å². The normalized spacial score (nSPS) is 15.8. The Labute approximate surface area is 188 Å². The summed E-state index contributed by atoms with van der Waals surface area (Å²) in [5.41, 5.74) is 2.08. The second-order valence-corrected chi connectivity index (χ2v) is 7.32. The van der Waals surface area contributed by atoms with Gasteiger partial charge in [-0.3, -0.25) is 10.1 Å². The Kier molecular flexibility index (Phi) is 7.76. The molecule has 0 bridgehead atoms. The van der Waals surface area contributed by atoms with Gasteiger partial charge in [0.15, 0.2) is 5.17 Å². The molecule has 32 heavy (non-hydrogen) atoms. The van der Waals surface area contributed by atoms with Crippen LogP contribution in [0.2, 0.25) is 0 Å². The van der Waals surface area contributed by atoms with Crippen LogP contribution in [0.4, 0.5) is 0 Å². The van der Waals surface area contributed by atoms with Gasteiger partial charge in [0.05, 0.1) is 30.9 Å². The van der Waals surface area contributed by atoms with Crippen molar-refractivity contribution in [2.24, 2.45) is 10.2 Å². The fourth-order valence-electron chi connectivity index (χ4n) is 2.51. The minimum absolute atomic E-state index is 0.185. The van der Waals surface area contributed by atoms with E-state index in [2.05, 4.69) is 20.3 Å². The number of hydrogen-bond donors (Lipinski definition) is 1. The van der Waals surface area contributed by atoms with Gasteiger partial charge in [-0.15, -0.1) is 5.10 Å². The summed E-state index contributed by atoms with van der Waals surface area (Å²) in [6, 6.07) is 14.2. The van der Waals surface area contributed by atoms with Crippen LogP contribution in [0.15, 0.2) is 69.7 Å². The van der Waals surface area contributed by atoms with Crippen LogP contribution in [0.25, 0.3) is 0 Å². The topological polar surface area (TPSA) is 116 Å². The van der Waals surface area contributed by atoms with Crippen molar-refractivity contribution in [2.45, 2.75) is 6.61 Å². The van der Waals surface area contributed by atoms with Crippen molar-refractivity contribution in [1.29, 1.82) is 0 Å². The third kappa shape index (κ3) is 6.29. The first-order valence-electron chi connectivity index (χ1n) is 9.28. The van der Waals surface area contributed by atoms with E-state index in [1.165, 1.54) is 20.4 Å². The molecule has 2 aromatic rings. The molecule has 3 rings (SSSR count). The Morgan fingerprint density at radius 1 is 1.09 bits per heavy atom. The molecule has 1 amide bonds. The van der Waals surface area contributed by atoms with Crippen LogP contribution in [-0.2, 0) is 25.7 Å². The van der Waals surface area contributed by atoms with Gasteiger partial charge in [-0.2, -0.15) is 5.10 Å². The third-order valence-corrected chi connectivity index (χ3v) is 4.99. The molecule has 164 valence electrons. The van der Waals surface area contributed by atoms with E-state index in [9.17, 15) is 14.4 Å². The molecular formula is C22H19N3O6S. The van der Waals surface area contributed by atoms with E-state index in [0.717, 1.165) is 29.0 Å². The summed E-state index contributed by atoms with van der Waals surface area (Å²) in [5.74, 6) is -0.808. The van der Waals surface area contributed by atoms with Gasteiger partial charge in [0.25, 0.3) is 5.91 Å². The van der Waals surface area contributed by atoms with Crippen molar-refractivity contribution < 1.29 is 28.6 Å². The number of carbonyl (C=O) groups is 3. The van der Waals surface area contributed by atoms with Crippen molar-refractivity contribution in [2.75, 3.05) is 14.2 Å². The zero-order valence-corrected chi connectivity index (χ0v) is 18.0. The van der Waals surface area contributed by atoms with Crippen LogP contribution in [0.3, 0.4) is 0 Å². The van der Waals surface area contributed by atoms with E-state index < -0.39 is 17.8 Å². The van der Waals surface area contributed by atoms with Gasteiger partial charge in [0.2, 0.25) is 0 Å². The molecule has 0 atom stereocenters. The van der Waals surface area contributed by atoms with Crippen LogP contribution in [0, 0.1) is 0 Å². The van der Waals surface area contributed by atoms with E-state index in [1.807, 2.05) is 6.07 Å². The maximum absolute atomic E-state index is 11.8. The van der Waals surface area contributed by atoms with Gasteiger partial charge in [0, 0.05) is 6.08 Å². The fourth-order valence-corrected chi connectivity index (χ4v) is 3.25. The van der Waals surface area contributed by atoms with Crippen molar-refractivity contribution in [3.63, 3.8) is 0 Å². The van der Waals surface area contributed by atoms with Gasteiger partial charge in [-0.1, -0.05) is 12.1 Å². The first-order valence-corrected chi connectivity index (χ1v) is 10.1. The Balaban J connectivity index is 1.55. The average molecular weight is 453 g/mol. The van der Waals surface area contributed by atoms with Gasteiger partial charge in [-0.25, -0.2) is 9.59 Å². The Morgan fingerprint density at radius 2 is 1.88 bits per heavy atom. The van der Waals surface area contributed by atoms with Crippen LogP contribution in [0.5, 0.6) is 5.75 Å². The maximum Gasteiger partial charge on any atom is 0.337 e. The fraction of sp³-hybridized carbons (Fsp3) is 0.136. The molecule has 0 unspecified atom stereocenters. The first kappa shape index (κ1) is 22.8. The SMILES string of the molecule is COC(=O)/C=C1/S/C(=N\N=Cc2ccc(OCc3cccc(C(=O)OC)c3)cc2)NC1=O. The van der Waals surface area contributed by atoms with Crippen LogP contribution < -0.4 is 10.1 Å². The van der Waals surface area contributed by atoms with Gasteiger partial charge < -0.3 is 14.2 Å². The molecular weight excluding hydrogens is 434 g/mol. The molecule has 2 aromatic carbocycles. The lowest BCUT2D eigenvalue weighted by Crippen LogP contribution is -2.19. The average Bonchev–Trinajstić information content (AvgIpc) is 3.16. The molecule has 0 spiro atoms. The zero-order valence-electron chi connectivity index (χ0n) is 17.2. The standard InChI is InChI=1S/C22H19N3O6S/c1-29-19(26)11-18-20(27)24-22(32-18)25-23-12-14-6-8-17(9-7-14)31-13-15-4-3-5-16(10-15)21(28)30-2/h3-12H,13H2,1-2H3,(H,24,25,27)/b18-11+,23-12?. The summed E-state index contributed by atoms with van der Waals surface area (Å²) in [4.78, 5) is 34.8. The largest absolute Gasteiger partial charge is 0.489 e. The Bertz CT molecular complexity index is 1110. The van der Waals surface area contributed by atoms with E-state index in [1.54, 1.807) is 42.5 Å². The number of amidine groups is 1. The number of carbonyl (C=O) groups excluding carboxylic acids is 3. The van der Waals surface area contributed by atoms with Crippen LogP contribution in [0.1, 0.15) is 21.5 Å². The summed E-state index contributed by atoms with van der Waals surface area (Å²) in [7, 11) is 2.57. The summed E-state index contributed by atoms with van der Waals surface area (Å²) < 4.78 is 15.0. The summed E-state index contributed by atoms with van der Waals surface area (Å²) in [6.07, 6.45) is 2.61. The minimum Gasteiger partial charge on any atom is -0.489 e. The molecule has 0 aliphatic carbocycles. The highest BCUT2D eigenvalue weighted by Crippen LogP contribution is 2.23. The van der Waals surface area contributed by atoms with E-state index in [-0.39, 0.29) is 10.1 Å². The second-order valence-electron chi connectivity index (χ2n) is 6.29. The Morgan fingerprint density at radius 3 is 2.59 bits per heavy atom. The molecule has 1 fully saturated rings. The number of amides is 1. The number of methoxy groups -OCH3 is 2. The molecule has 0 saturated carbocycles. The van der Waals surface area contributed by atoms with Gasteiger partial charge in [-0.05, 0) is 59.3 Å². The van der Waals surface area contributed by atoms with Crippen LogP contribution in [-0.4, -0.2) is 43.4 Å². The number of ether oxygens (including phenoxy) is 3. The monoisotopic (exact) mass is 453 g/mol. The molecule has 1 N–H and O–H groups in total. The predicted octanol–water partition coefficient (Wildman–Crippen LogP) is 2.66. The van der Waals surface area contributed by atoms with E-state index in [0.29, 0.717) is 17.9 Å². The highest BCUT2D eigenvalue weighted by atomic mass is 32.2. The molecule has 1 aliphatic heterocycles. The zero-order chi connectivity index (χ0) is 22.9. The molecule has 0 aromatic heterocycles. The van der Waals surface area contributed by atoms with E-state index in [4.69, 9.17) is 9.47 Å². The highest BCUT2D eigenvalue weighted by Gasteiger charge is 2.24. The number of thioether (sulfide) groups is 1. The molecule has 0 radical (unpaired) electrons. The maximum atomic E-state index is 11.8. The number of nitrogens with zero attached hydrogens (tertiary/aromatic N) is 2. The van der Waals surface area contributed by atoms with Crippen molar-refractivity contribution in [3.8, 4) is 5.75 Å². The Hall–Kier alpha value is -3.92. The summed E-state index contributed by atoms with van der Waals surface area (Å²) in [5, 5.41) is 10.7. The number of benzene rings is 2. The first-order chi connectivity index (χ1) is 15.5. The molecule has 1 heterocycles. The number of nitrogens with one attached hydrogen (secondary N) is 1. The van der Waals surface area contributed by atoms with Crippen molar-refractivity contribution in [1.82, 2.24) is 5.32 Å². The second kappa shape index (κ2) is 10.9. The lowest BCUT2D eigenvalue weighted by atomic mass is 10.1. The molecule has 10 heteroatoms. The summed E-state index contributed by atoms with van der Waals surface area (Å²) >= 11 is 0.996. The van der Waals surface area contributed by atoms with E-state index >= 15 is 0 Å².